The van der Waals surface area contributed by atoms with Gasteiger partial charge in [0.05, 0.1) is 0 Å². The first-order valence-electron chi connectivity index (χ1n) is 4.49. The lowest BCUT2D eigenvalue weighted by Gasteiger charge is -2.23. The zero-order chi connectivity index (χ0) is 11.8. The van der Waals surface area contributed by atoms with Crippen molar-refractivity contribution >= 4 is 11.7 Å². The van der Waals surface area contributed by atoms with Gasteiger partial charge in [0, 0.05) is 17.4 Å². The number of nitrogens with zero attached hydrogens (tertiary/aromatic N) is 1. The van der Waals surface area contributed by atoms with Gasteiger partial charge in [-0.15, -0.1) is 0 Å². The van der Waals surface area contributed by atoms with Crippen molar-refractivity contribution in [1.82, 2.24) is 4.57 Å². The number of anilines is 1. The lowest BCUT2D eigenvalue weighted by molar-refractivity contribution is 0.0693. The molecule has 0 unspecified atom stereocenters. The van der Waals surface area contributed by atoms with Crippen LogP contribution < -0.4 is 11.3 Å². The van der Waals surface area contributed by atoms with Gasteiger partial charge in [0.2, 0.25) is 0 Å². The number of pyridine rings is 1. The number of nitrogen functional groups attached to an aromatic ring is 1. The summed E-state index contributed by atoms with van der Waals surface area (Å²) in [6.07, 6.45) is 1.45. The average molecular weight is 210 g/mol. The van der Waals surface area contributed by atoms with Gasteiger partial charge in [0.15, 0.2) is 0 Å². The summed E-state index contributed by atoms with van der Waals surface area (Å²) in [6.45, 7) is 5.42. The molecule has 0 amide bonds. The van der Waals surface area contributed by atoms with E-state index < -0.39 is 17.1 Å². The molecule has 0 aliphatic heterocycles. The van der Waals surface area contributed by atoms with Crippen molar-refractivity contribution in [2.24, 2.45) is 0 Å². The Labute approximate surface area is 87.1 Å². The Morgan fingerprint density at radius 2 is 2.00 bits per heavy atom. The number of hydrogen-bond acceptors (Lipinski definition) is 3. The maximum atomic E-state index is 11.7. The van der Waals surface area contributed by atoms with Crippen molar-refractivity contribution in [3.63, 3.8) is 0 Å². The normalized spacial score (nSPS) is 11.4. The van der Waals surface area contributed by atoms with Crippen LogP contribution >= 0.6 is 0 Å². The first kappa shape index (κ1) is 11.3. The summed E-state index contributed by atoms with van der Waals surface area (Å²) in [5.74, 6) is -1.26. The third-order valence-electron chi connectivity index (χ3n) is 1.99. The van der Waals surface area contributed by atoms with Crippen molar-refractivity contribution in [3.05, 3.63) is 28.2 Å². The highest BCUT2D eigenvalue weighted by atomic mass is 16.4. The summed E-state index contributed by atoms with van der Waals surface area (Å²) in [4.78, 5) is 22.5. The van der Waals surface area contributed by atoms with Crippen LogP contribution in [0.2, 0.25) is 0 Å². The standard InChI is InChI=1S/C10H14N2O3/c1-10(2,3)12-5-6(11)4-7(8(12)13)9(14)15/h4-5H,11H2,1-3H3,(H,14,15). The Morgan fingerprint density at radius 3 is 2.40 bits per heavy atom. The summed E-state index contributed by atoms with van der Waals surface area (Å²) < 4.78 is 1.33. The van der Waals surface area contributed by atoms with E-state index in [2.05, 4.69) is 0 Å². The molecule has 0 bridgehead atoms. The zero-order valence-electron chi connectivity index (χ0n) is 8.94. The summed E-state index contributed by atoms with van der Waals surface area (Å²) in [6, 6.07) is 1.17. The van der Waals surface area contributed by atoms with Crippen molar-refractivity contribution in [2.45, 2.75) is 26.3 Å². The molecule has 5 heteroatoms. The van der Waals surface area contributed by atoms with Crippen LogP contribution in [0.1, 0.15) is 31.1 Å². The largest absolute Gasteiger partial charge is 0.477 e. The first-order valence-corrected chi connectivity index (χ1v) is 4.49. The van der Waals surface area contributed by atoms with Gasteiger partial charge in [-0.1, -0.05) is 0 Å². The molecule has 0 aliphatic carbocycles. The van der Waals surface area contributed by atoms with E-state index in [4.69, 9.17) is 10.8 Å². The third-order valence-corrected chi connectivity index (χ3v) is 1.99. The first-order chi connectivity index (χ1) is 6.73. The molecule has 1 aromatic rings. The molecular weight excluding hydrogens is 196 g/mol. The van der Waals surface area contributed by atoms with Crippen LogP contribution in [0.3, 0.4) is 0 Å². The monoisotopic (exact) mass is 210 g/mol. The molecule has 0 spiro atoms. The SMILES string of the molecule is CC(C)(C)n1cc(N)cc(C(=O)O)c1=O. The van der Waals surface area contributed by atoms with Crippen molar-refractivity contribution in [2.75, 3.05) is 5.73 Å². The van der Waals surface area contributed by atoms with Gasteiger partial charge in [-0.05, 0) is 26.8 Å². The van der Waals surface area contributed by atoms with Crippen LogP contribution in [0.25, 0.3) is 0 Å². The van der Waals surface area contributed by atoms with Crippen molar-refractivity contribution in [1.29, 1.82) is 0 Å². The second-order valence-electron chi connectivity index (χ2n) is 4.34. The average Bonchev–Trinajstić information content (AvgIpc) is 2.06. The van der Waals surface area contributed by atoms with Crippen LogP contribution in [-0.4, -0.2) is 15.6 Å². The van der Waals surface area contributed by atoms with Gasteiger partial charge < -0.3 is 15.4 Å². The lowest BCUT2D eigenvalue weighted by atomic mass is 10.1. The second kappa shape index (κ2) is 3.42. The van der Waals surface area contributed by atoms with Crippen LogP contribution in [0.15, 0.2) is 17.1 Å². The smallest absolute Gasteiger partial charge is 0.341 e. The predicted octanol–water partition coefficient (Wildman–Crippen LogP) is 0.884. The van der Waals surface area contributed by atoms with Crippen LogP contribution in [0.4, 0.5) is 5.69 Å². The number of rotatable bonds is 1. The fourth-order valence-electron chi connectivity index (χ4n) is 1.25. The summed E-state index contributed by atoms with van der Waals surface area (Å²) in [7, 11) is 0. The van der Waals surface area contributed by atoms with E-state index in [1.165, 1.54) is 16.8 Å². The van der Waals surface area contributed by atoms with Crippen molar-refractivity contribution < 1.29 is 9.90 Å². The Hall–Kier alpha value is -1.78. The van der Waals surface area contributed by atoms with Gasteiger partial charge in [0.25, 0.3) is 5.56 Å². The van der Waals surface area contributed by atoms with Crippen LogP contribution in [0, 0.1) is 0 Å². The minimum Gasteiger partial charge on any atom is -0.477 e. The molecule has 0 saturated heterocycles. The molecule has 0 fully saturated rings. The Kier molecular flexibility index (Phi) is 2.57. The summed E-state index contributed by atoms with van der Waals surface area (Å²) in [5, 5.41) is 8.81. The van der Waals surface area contributed by atoms with E-state index in [0.717, 1.165) is 0 Å². The number of carboxylic acids is 1. The van der Waals surface area contributed by atoms with Gasteiger partial charge in [-0.2, -0.15) is 0 Å². The molecule has 1 heterocycles. The highest BCUT2D eigenvalue weighted by molar-refractivity contribution is 5.88. The quantitative estimate of drug-likeness (QED) is 0.720. The predicted molar refractivity (Wildman–Crippen MR) is 57.1 cm³/mol. The minimum absolute atomic E-state index is 0.266. The fourth-order valence-corrected chi connectivity index (χ4v) is 1.25. The molecule has 0 atom stereocenters. The van der Waals surface area contributed by atoms with E-state index in [-0.39, 0.29) is 11.3 Å². The molecule has 82 valence electrons. The fraction of sp³-hybridized carbons (Fsp3) is 0.400. The highest BCUT2D eigenvalue weighted by Crippen LogP contribution is 2.13. The molecule has 0 radical (unpaired) electrons. The molecule has 0 aromatic carbocycles. The van der Waals surface area contributed by atoms with E-state index in [1.807, 2.05) is 0 Å². The van der Waals surface area contributed by atoms with Gasteiger partial charge in [-0.25, -0.2) is 4.79 Å². The molecule has 1 rings (SSSR count). The summed E-state index contributed by atoms with van der Waals surface area (Å²) >= 11 is 0. The molecule has 5 nitrogen and oxygen atoms in total. The molecule has 15 heavy (non-hydrogen) atoms. The maximum Gasteiger partial charge on any atom is 0.341 e. The van der Waals surface area contributed by atoms with Crippen LogP contribution in [-0.2, 0) is 5.54 Å². The maximum absolute atomic E-state index is 11.7. The van der Waals surface area contributed by atoms with Crippen molar-refractivity contribution in [3.8, 4) is 0 Å². The molecular formula is C10H14N2O3. The minimum atomic E-state index is -1.26. The number of carbonyl (C=O) groups is 1. The number of carboxylic acid groups (broad SMARTS) is 1. The number of aromatic carboxylic acids is 1. The molecule has 3 N–H and O–H groups in total. The van der Waals surface area contributed by atoms with E-state index in [1.54, 1.807) is 20.8 Å². The Morgan fingerprint density at radius 1 is 1.47 bits per heavy atom. The zero-order valence-corrected chi connectivity index (χ0v) is 8.94. The number of hydrogen-bond donors (Lipinski definition) is 2. The van der Waals surface area contributed by atoms with Gasteiger partial charge in [0.1, 0.15) is 5.56 Å². The van der Waals surface area contributed by atoms with Crippen LogP contribution in [0.5, 0.6) is 0 Å². The van der Waals surface area contributed by atoms with Gasteiger partial charge >= 0.3 is 5.97 Å². The molecule has 0 aliphatic rings. The number of aromatic nitrogens is 1. The topological polar surface area (TPSA) is 85.3 Å². The Balaban J connectivity index is 3.57. The number of nitrogens with two attached hydrogens (primary N) is 1. The molecule has 1 aromatic heterocycles. The van der Waals surface area contributed by atoms with E-state index in [9.17, 15) is 9.59 Å². The lowest BCUT2D eigenvalue weighted by Crippen LogP contribution is -2.36. The van der Waals surface area contributed by atoms with E-state index >= 15 is 0 Å². The van der Waals surface area contributed by atoms with E-state index in [0.29, 0.717) is 0 Å². The summed E-state index contributed by atoms with van der Waals surface area (Å²) in [5.41, 5.74) is 4.48. The Bertz CT molecular complexity index is 455. The molecule has 0 saturated carbocycles. The van der Waals surface area contributed by atoms with Gasteiger partial charge in [-0.3, -0.25) is 4.79 Å². The third kappa shape index (κ3) is 2.18. The highest BCUT2D eigenvalue weighted by Gasteiger charge is 2.19. The second-order valence-corrected chi connectivity index (χ2v) is 4.34.